The second kappa shape index (κ2) is 2.59. The molecule has 0 unspecified atom stereocenters. The van der Waals surface area contributed by atoms with Gasteiger partial charge in [-0.05, 0) is 41.6 Å². The van der Waals surface area contributed by atoms with E-state index in [4.69, 9.17) is 0 Å². The molecule has 0 aromatic carbocycles. The zero-order valence-electron chi connectivity index (χ0n) is 7.59. The first-order valence-corrected chi connectivity index (χ1v) is 4.90. The van der Waals surface area contributed by atoms with Crippen molar-refractivity contribution in [1.29, 1.82) is 0 Å². The molecule has 0 atom stereocenters. The van der Waals surface area contributed by atoms with Crippen molar-refractivity contribution in [1.82, 2.24) is 0 Å². The van der Waals surface area contributed by atoms with Gasteiger partial charge in [-0.15, -0.1) is 0 Å². The summed E-state index contributed by atoms with van der Waals surface area (Å²) in [5, 5.41) is 0. The topological polar surface area (TPSA) is 0 Å². The first-order valence-electron chi connectivity index (χ1n) is 4.90. The Balaban J connectivity index is 2.17. The van der Waals surface area contributed by atoms with Crippen molar-refractivity contribution in [3.63, 3.8) is 0 Å². The van der Waals surface area contributed by atoms with E-state index in [1.807, 2.05) is 0 Å². The number of rotatable bonds is 0. The van der Waals surface area contributed by atoms with Crippen LogP contribution in [0.3, 0.4) is 0 Å². The van der Waals surface area contributed by atoms with Gasteiger partial charge >= 0.3 is 0 Å². The van der Waals surface area contributed by atoms with Gasteiger partial charge in [-0.3, -0.25) is 0 Å². The summed E-state index contributed by atoms with van der Waals surface area (Å²) in [4.78, 5) is 0. The van der Waals surface area contributed by atoms with Gasteiger partial charge in [0.1, 0.15) is 0 Å². The van der Waals surface area contributed by atoms with E-state index in [1.165, 1.54) is 17.6 Å². The summed E-state index contributed by atoms with van der Waals surface area (Å²) in [6.45, 7) is 0. The molecule has 0 N–H and O–H groups in total. The number of hydrogen-bond acceptors (Lipinski definition) is 0. The molecule has 64 valence electrons. The Hall–Kier alpha value is -1.30. The highest BCUT2D eigenvalue weighted by Crippen LogP contribution is 2.41. The summed E-state index contributed by atoms with van der Waals surface area (Å²) in [6.07, 6.45) is 17.0. The average Bonchev–Trinajstić information content (AvgIpc) is 2.56. The van der Waals surface area contributed by atoms with Gasteiger partial charge in [0.25, 0.3) is 0 Å². The molecule has 0 nitrogen and oxygen atoms in total. The van der Waals surface area contributed by atoms with Gasteiger partial charge < -0.3 is 0 Å². The van der Waals surface area contributed by atoms with E-state index in [0.29, 0.717) is 0 Å². The van der Waals surface area contributed by atoms with E-state index in [0.717, 1.165) is 12.8 Å². The molecule has 0 aromatic heterocycles. The van der Waals surface area contributed by atoms with Crippen LogP contribution in [-0.2, 0) is 0 Å². The summed E-state index contributed by atoms with van der Waals surface area (Å²) in [5.41, 5.74) is 6.15. The molecule has 0 fully saturated rings. The normalized spacial score (nSPS) is 24.0. The van der Waals surface area contributed by atoms with Crippen molar-refractivity contribution in [2.24, 2.45) is 0 Å². The highest BCUT2D eigenvalue weighted by atomic mass is 14.3. The van der Waals surface area contributed by atoms with Gasteiger partial charge in [0.15, 0.2) is 0 Å². The smallest absolute Gasteiger partial charge is 0.00197 e. The summed E-state index contributed by atoms with van der Waals surface area (Å²) in [7, 11) is 0. The molecular weight excluding hydrogens is 156 g/mol. The van der Waals surface area contributed by atoms with Crippen LogP contribution in [0.2, 0.25) is 0 Å². The first kappa shape index (κ1) is 7.14. The third-order valence-corrected chi connectivity index (χ3v) is 2.98. The van der Waals surface area contributed by atoms with Crippen molar-refractivity contribution in [3.05, 3.63) is 58.7 Å². The lowest BCUT2D eigenvalue weighted by Crippen LogP contribution is -1.88. The Morgan fingerprint density at radius 3 is 3.08 bits per heavy atom. The van der Waals surface area contributed by atoms with Crippen LogP contribution in [-0.4, -0.2) is 0 Å². The highest BCUT2D eigenvalue weighted by Gasteiger charge is 2.23. The van der Waals surface area contributed by atoms with Gasteiger partial charge in [-0.25, -0.2) is 0 Å². The van der Waals surface area contributed by atoms with Crippen molar-refractivity contribution < 1.29 is 0 Å². The molecule has 0 heterocycles. The van der Waals surface area contributed by atoms with Crippen LogP contribution >= 0.6 is 0 Å². The van der Waals surface area contributed by atoms with Crippen LogP contribution in [0.4, 0.5) is 0 Å². The Labute approximate surface area is 78.7 Å². The van der Waals surface area contributed by atoms with E-state index in [2.05, 4.69) is 36.5 Å². The minimum atomic E-state index is 1.12. The van der Waals surface area contributed by atoms with Crippen LogP contribution in [0.5, 0.6) is 0 Å². The van der Waals surface area contributed by atoms with Crippen LogP contribution in [0.15, 0.2) is 58.7 Å². The molecule has 0 radical (unpaired) electrons. The Kier molecular flexibility index (Phi) is 1.42. The minimum Gasteiger partial charge on any atom is -0.0801 e. The highest BCUT2D eigenvalue weighted by molar-refractivity contribution is 5.62. The molecular formula is C13H12. The Bertz CT molecular complexity index is 398. The van der Waals surface area contributed by atoms with Gasteiger partial charge in [-0.1, -0.05) is 36.5 Å². The predicted octanol–water partition coefficient (Wildman–Crippen LogP) is 3.46. The fraction of sp³-hybridized carbons (Fsp3) is 0.231. The summed E-state index contributed by atoms with van der Waals surface area (Å²) in [5.74, 6) is 0. The van der Waals surface area contributed by atoms with Crippen molar-refractivity contribution >= 4 is 0 Å². The fourth-order valence-electron chi connectivity index (χ4n) is 2.33. The Morgan fingerprint density at radius 1 is 1.08 bits per heavy atom. The van der Waals surface area contributed by atoms with Crippen LogP contribution < -0.4 is 0 Å². The standard InChI is InChI=1S/C13H12/c1-3-7-12-10(5-1)9-11-6-2-4-8-13(11)12/h1,3-6,8H,2,7,9H2. The molecule has 0 spiro atoms. The largest absolute Gasteiger partial charge is 0.0801 e. The fourth-order valence-corrected chi connectivity index (χ4v) is 2.33. The van der Waals surface area contributed by atoms with E-state index in [1.54, 1.807) is 11.1 Å². The maximum absolute atomic E-state index is 2.36. The summed E-state index contributed by atoms with van der Waals surface area (Å²) in [6, 6.07) is 0. The maximum Gasteiger partial charge on any atom is -0.00197 e. The predicted molar refractivity (Wildman–Crippen MR) is 55.3 cm³/mol. The van der Waals surface area contributed by atoms with Crippen LogP contribution in [0.25, 0.3) is 0 Å². The summed E-state index contributed by atoms with van der Waals surface area (Å²) < 4.78 is 0. The first-order chi connectivity index (χ1) is 6.45. The molecule has 0 saturated carbocycles. The summed E-state index contributed by atoms with van der Waals surface area (Å²) >= 11 is 0. The zero-order valence-corrected chi connectivity index (χ0v) is 7.59. The molecule has 0 amide bonds. The van der Waals surface area contributed by atoms with Crippen molar-refractivity contribution in [3.8, 4) is 0 Å². The lowest BCUT2D eigenvalue weighted by atomic mass is 9.98. The van der Waals surface area contributed by atoms with Crippen LogP contribution in [0.1, 0.15) is 19.3 Å². The second-order valence-corrected chi connectivity index (χ2v) is 3.76. The molecule has 0 aromatic rings. The molecule has 13 heavy (non-hydrogen) atoms. The van der Waals surface area contributed by atoms with E-state index in [9.17, 15) is 0 Å². The second-order valence-electron chi connectivity index (χ2n) is 3.76. The molecule has 0 bridgehead atoms. The lowest BCUT2D eigenvalue weighted by molar-refractivity contribution is 1.15. The molecule has 0 aliphatic heterocycles. The van der Waals surface area contributed by atoms with Gasteiger partial charge in [0.2, 0.25) is 0 Å². The zero-order chi connectivity index (χ0) is 8.67. The number of allylic oxidation sites excluding steroid dienone is 10. The SMILES string of the molecule is C1=CCC2=C3C=CCC=C3CC2=C1. The van der Waals surface area contributed by atoms with Gasteiger partial charge in [0.05, 0.1) is 0 Å². The molecule has 3 aliphatic carbocycles. The maximum atomic E-state index is 2.36. The molecule has 0 saturated heterocycles. The molecule has 3 rings (SSSR count). The quantitative estimate of drug-likeness (QED) is 0.519. The van der Waals surface area contributed by atoms with Gasteiger partial charge in [0, 0.05) is 0 Å². The monoisotopic (exact) mass is 168 g/mol. The Morgan fingerprint density at radius 2 is 2.08 bits per heavy atom. The molecule has 0 heteroatoms. The van der Waals surface area contributed by atoms with E-state index >= 15 is 0 Å². The van der Waals surface area contributed by atoms with E-state index in [-0.39, 0.29) is 0 Å². The van der Waals surface area contributed by atoms with Crippen molar-refractivity contribution in [2.75, 3.05) is 0 Å². The molecule has 3 aliphatic rings. The van der Waals surface area contributed by atoms with Crippen molar-refractivity contribution in [2.45, 2.75) is 19.3 Å². The lowest BCUT2D eigenvalue weighted by Gasteiger charge is -2.07. The van der Waals surface area contributed by atoms with E-state index < -0.39 is 0 Å². The van der Waals surface area contributed by atoms with Crippen LogP contribution in [0, 0.1) is 0 Å². The number of fused-ring (bicyclic) bond motifs is 2. The van der Waals surface area contributed by atoms with Gasteiger partial charge in [-0.2, -0.15) is 0 Å². The third kappa shape index (κ3) is 0.983. The third-order valence-electron chi connectivity index (χ3n) is 2.98. The average molecular weight is 168 g/mol. The number of hydrogen-bond donors (Lipinski definition) is 0. The minimum absolute atomic E-state index is 1.12.